The molecule has 0 aromatic heterocycles. The Labute approximate surface area is 106 Å². The summed E-state index contributed by atoms with van der Waals surface area (Å²) in [7, 11) is -2.26. The summed E-state index contributed by atoms with van der Waals surface area (Å²) in [6.07, 6.45) is 0. The third-order valence-corrected chi connectivity index (χ3v) is 3.79. The van der Waals surface area contributed by atoms with E-state index in [-0.39, 0.29) is 0 Å². The topological polar surface area (TPSA) is 34.1 Å². The van der Waals surface area contributed by atoms with Crippen molar-refractivity contribution in [1.29, 1.82) is 0 Å². The van der Waals surface area contributed by atoms with Crippen LogP contribution in [0.4, 0.5) is 0 Å². The van der Waals surface area contributed by atoms with E-state index in [1.165, 1.54) is 0 Å². The van der Waals surface area contributed by atoms with E-state index in [1.54, 1.807) is 0 Å². The molecule has 0 amide bonds. The first-order chi connectivity index (χ1) is 8.77. The van der Waals surface area contributed by atoms with Crippen LogP contribution in [-0.4, -0.2) is 8.42 Å². The van der Waals surface area contributed by atoms with Gasteiger partial charge in [-0.1, -0.05) is 60.7 Å². The molecule has 0 aliphatic rings. The van der Waals surface area contributed by atoms with Crippen LogP contribution < -0.4 is 0 Å². The molecule has 18 heavy (non-hydrogen) atoms. The average Bonchev–Trinajstić information content (AvgIpc) is 2.55. The van der Waals surface area contributed by atoms with Crippen LogP contribution in [0.2, 0.25) is 0 Å². The highest BCUT2D eigenvalue weighted by atomic mass is 32.2. The summed E-state index contributed by atoms with van der Waals surface area (Å²) in [6.45, 7) is 0. The van der Waals surface area contributed by atoms with Gasteiger partial charge in [0.1, 0.15) is 4.51 Å². The lowest BCUT2D eigenvalue weighted by molar-refractivity contribution is 0.625. The summed E-state index contributed by atoms with van der Waals surface area (Å²) in [5.41, 5.74) is 0. The molecule has 0 N–H and O–H groups in total. The minimum absolute atomic E-state index is 0.367. The smallest absolute Gasteiger partial charge is 0.184 e. The predicted molar refractivity (Wildman–Crippen MR) is 73.6 cm³/mol. The molecule has 88 valence electrons. The van der Waals surface area contributed by atoms with Crippen molar-refractivity contribution in [2.24, 2.45) is 0 Å². The Morgan fingerprint density at radius 1 is 0.611 bits per heavy atom. The van der Waals surface area contributed by atoms with Crippen LogP contribution in [0.25, 0.3) is 21.5 Å². The third-order valence-electron chi connectivity index (χ3n) is 3.02. The van der Waals surface area contributed by atoms with Crippen molar-refractivity contribution < 1.29 is 8.42 Å². The Kier molecular flexibility index (Phi) is 2.61. The molecule has 0 spiro atoms. The molecule has 0 aliphatic heterocycles. The molecule has 0 atom stereocenters. The molecule has 0 radical (unpaired) electrons. The standard InChI is InChI=1S/C15H10O2S/c16-18(17)15-13-7-3-1-5-11(13)9-10-12-6-2-4-8-14(12)15/h1-10H. The second kappa shape index (κ2) is 4.27. The van der Waals surface area contributed by atoms with Crippen molar-refractivity contribution in [2.45, 2.75) is 0 Å². The minimum atomic E-state index is -2.26. The van der Waals surface area contributed by atoms with Crippen molar-refractivity contribution in [3.63, 3.8) is 0 Å². The van der Waals surface area contributed by atoms with Crippen LogP contribution in [0, 0.1) is 4.51 Å². The molecule has 3 aromatic rings. The lowest BCUT2D eigenvalue weighted by Crippen LogP contribution is -1.74. The Morgan fingerprint density at radius 2 is 1.06 bits per heavy atom. The Hall–Kier alpha value is -2.13. The van der Waals surface area contributed by atoms with Crippen LogP contribution in [0.3, 0.4) is 0 Å². The highest BCUT2D eigenvalue weighted by Crippen LogP contribution is 2.21. The van der Waals surface area contributed by atoms with Crippen molar-refractivity contribution in [3.8, 4) is 0 Å². The summed E-state index contributed by atoms with van der Waals surface area (Å²) in [5.74, 6) is 0. The summed E-state index contributed by atoms with van der Waals surface area (Å²) >= 11 is 0. The Morgan fingerprint density at radius 3 is 1.50 bits per heavy atom. The number of benzene rings is 2. The normalized spacial score (nSPS) is 10.7. The van der Waals surface area contributed by atoms with Crippen LogP contribution in [-0.2, 0) is 10.3 Å². The van der Waals surface area contributed by atoms with Crippen LogP contribution in [0.1, 0.15) is 0 Å². The van der Waals surface area contributed by atoms with E-state index in [1.807, 2.05) is 60.7 Å². The summed E-state index contributed by atoms with van der Waals surface area (Å²) in [6, 6.07) is 19.0. The second-order valence-corrected chi connectivity index (χ2v) is 4.95. The lowest BCUT2D eigenvalue weighted by atomic mass is 10.1. The maximum atomic E-state index is 11.6. The number of hydrogen-bond donors (Lipinski definition) is 0. The fraction of sp³-hybridized carbons (Fsp3) is 0. The molecule has 0 saturated carbocycles. The van der Waals surface area contributed by atoms with Crippen molar-refractivity contribution >= 4 is 31.8 Å². The maximum absolute atomic E-state index is 11.6. The zero-order valence-electron chi connectivity index (χ0n) is 9.50. The highest BCUT2D eigenvalue weighted by molar-refractivity contribution is 7.64. The van der Waals surface area contributed by atoms with E-state index < -0.39 is 10.3 Å². The number of hydrogen-bond acceptors (Lipinski definition) is 2. The first-order valence-electron chi connectivity index (χ1n) is 5.60. The van der Waals surface area contributed by atoms with Gasteiger partial charge in [0.25, 0.3) is 0 Å². The molecule has 3 rings (SSSR count). The quantitative estimate of drug-likeness (QED) is 0.576. The molecule has 0 bridgehead atoms. The molecular weight excluding hydrogens is 244 g/mol. The van der Waals surface area contributed by atoms with Crippen LogP contribution in [0.15, 0.2) is 60.7 Å². The first-order valence-corrected chi connectivity index (χ1v) is 6.68. The number of fused-ring (bicyclic) bond motifs is 2. The van der Waals surface area contributed by atoms with Crippen LogP contribution >= 0.6 is 0 Å². The van der Waals surface area contributed by atoms with E-state index in [9.17, 15) is 8.42 Å². The van der Waals surface area contributed by atoms with Crippen molar-refractivity contribution in [2.75, 3.05) is 0 Å². The maximum Gasteiger partial charge on any atom is 0.222 e. The van der Waals surface area contributed by atoms with Gasteiger partial charge in [-0.05, 0) is 10.8 Å². The van der Waals surface area contributed by atoms with E-state index in [0.29, 0.717) is 4.51 Å². The summed E-state index contributed by atoms with van der Waals surface area (Å²) < 4.78 is 23.5. The molecule has 2 nitrogen and oxygen atoms in total. The van der Waals surface area contributed by atoms with E-state index in [0.717, 1.165) is 21.5 Å². The second-order valence-electron chi connectivity index (χ2n) is 4.07. The average molecular weight is 254 g/mol. The summed E-state index contributed by atoms with van der Waals surface area (Å²) in [4.78, 5) is 0. The molecule has 0 heterocycles. The molecule has 3 aromatic carbocycles. The zero-order valence-corrected chi connectivity index (χ0v) is 10.3. The fourth-order valence-electron chi connectivity index (χ4n) is 2.20. The Bertz CT molecular complexity index is 856. The van der Waals surface area contributed by atoms with Gasteiger partial charge in [0.15, 0.2) is 0 Å². The third kappa shape index (κ3) is 1.69. The monoisotopic (exact) mass is 254 g/mol. The van der Waals surface area contributed by atoms with E-state index in [4.69, 9.17) is 0 Å². The SMILES string of the molecule is O=S(=O)=c1c2ccccc2ccc2ccccc12. The molecule has 0 unspecified atom stereocenters. The highest BCUT2D eigenvalue weighted by Gasteiger charge is 2.00. The van der Waals surface area contributed by atoms with Gasteiger partial charge in [0.2, 0.25) is 10.3 Å². The van der Waals surface area contributed by atoms with Crippen molar-refractivity contribution in [3.05, 3.63) is 65.2 Å². The van der Waals surface area contributed by atoms with E-state index in [2.05, 4.69) is 0 Å². The summed E-state index contributed by atoms with van der Waals surface area (Å²) in [5, 5.41) is 3.36. The lowest BCUT2D eigenvalue weighted by Gasteiger charge is -1.92. The largest absolute Gasteiger partial charge is 0.222 e. The van der Waals surface area contributed by atoms with Gasteiger partial charge in [-0.25, -0.2) is 0 Å². The predicted octanol–water partition coefficient (Wildman–Crippen LogP) is 3.40. The Balaban J connectivity index is 2.87. The van der Waals surface area contributed by atoms with Gasteiger partial charge >= 0.3 is 0 Å². The first kappa shape index (κ1) is 11.0. The van der Waals surface area contributed by atoms with Gasteiger partial charge in [-0.3, -0.25) is 0 Å². The van der Waals surface area contributed by atoms with E-state index >= 15 is 0 Å². The van der Waals surface area contributed by atoms with Crippen molar-refractivity contribution in [1.82, 2.24) is 0 Å². The van der Waals surface area contributed by atoms with Gasteiger partial charge in [-0.15, -0.1) is 0 Å². The molecule has 0 aliphatic carbocycles. The molecular formula is C15H10O2S. The minimum Gasteiger partial charge on any atom is -0.184 e. The van der Waals surface area contributed by atoms with Gasteiger partial charge in [0, 0.05) is 10.8 Å². The molecule has 3 heteroatoms. The van der Waals surface area contributed by atoms with Gasteiger partial charge in [-0.2, -0.15) is 8.42 Å². The van der Waals surface area contributed by atoms with Gasteiger partial charge in [0.05, 0.1) is 0 Å². The fourth-order valence-corrected chi connectivity index (χ4v) is 2.93. The zero-order chi connectivity index (χ0) is 12.5. The van der Waals surface area contributed by atoms with Crippen LogP contribution in [0.5, 0.6) is 0 Å². The van der Waals surface area contributed by atoms with Gasteiger partial charge < -0.3 is 0 Å². The molecule has 0 fully saturated rings. The molecule has 0 saturated heterocycles. The number of rotatable bonds is 0.